The fourth-order valence-corrected chi connectivity index (χ4v) is 3.57. The van der Waals surface area contributed by atoms with Gasteiger partial charge in [0, 0.05) is 13.1 Å². The van der Waals surface area contributed by atoms with Gasteiger partial charge in [0.05, 0.1) is 24.4 Å². The van der Waals surface area contributed by atoms with Crippen molar-refractivity contribution in [3.8, 4) is 0 Å². The van der Waals surface area contributed by atoms with Crippen molar-refractivity contribution >= 4 is 5.91 Å². The summed E-state index contributed by atoms with van der Waals surface area (Å²) in [6, 6.07) is 17.4. The van der Waals surface area contributed by atoms with Gasteiger partial charge in [-0.05, 0) is 35.7 Å². The summed E-state index contributed by atoms with van der Waals surface area (Å²) in [5.41, 5.74) is 2.94. The van der Waals surface area contributed by atoms with Gasteiger partial charge in [0.1, 0.15) is 11.9 Å². The summed E-state index contributed by atoms with van der Waals surface area (Å²) in [6.07, 6.45) is 0.160. The van der Waals surface area contributed by atoms with E-state index in [1.165, 1.54) is 12.1 Å². The van der Waals surface area contributed by atoms with E-state index >= 15 is 0 Å². The number of hydrogen-bond donors (Lipinski definition) is 1. The number of halogens is 1. The molecule has 0 saturated heterocycles. The summed E-state index contributed by atoms with van der Waals surface area (Å²) >= 11 is 0. The number of aryl methyl sites for hydroxylation is 1. The Morgan fingerprint density at radius 2 is 1.93 bits per heavy atom. The summed E-state index contributed by atoms with van der Waals surface area (Å²) in [5.74, 6) is -0.371. The second-order valence-electron chi connectivity index (χ2n) is 7.07. The first-order valence-electron chi connectivity index (χ1n) is 9.42. The van der Waals surface area contributed by atoms with Gasteiger partial charge in [-0.2, -0.15) is 5.10 Å². The Bertz CT molecular complexity index is 971. The van der Waals surface area contributed by atoms with Crippen LogP contribution in [0, 0.1) is 5.82 Å². The van der Waals surface area contributed by atoms with Gasteiger partial charge in [0.15, 0.2) is 0 Å². The number of rotatable bonds is 4. The van der Waals surface area contributed by atoms with Gasteiger partial charge in [-0.1, -0.05) is 42.5 Å². The van der Waals surface area contributed by atoms with Crippen LogP contribution < -0.4 is 0 Å². The summed E-state index contributed by atoms with van der Waals surface area (Å²) in [6.45, 7) is 1.76. The zero-order valence-corrected chi connectivity index (χ0v) is 15.5. The van der Waals surface area contributed by atoms with Gasteiger partial charge >= 0.3 is 0 Å². The maximum absolute atomic E-state index is 13.4. The third kappa shape index (κ3) is 3.97. The van der Waals surface area contributed by atoms with Gasteiger partial charge in [-0.25, -0.2) is 4.39 Å². The largest absolute Gasteiger partial charge is 0.382 e. The van der Waals surface area contributed by atoms with Crippen molar-refractivity contribution in [2.24, 2.45) is 0 Å². The van der Waals surface area contributed by atoms with Crippen molar-refractivity contribution in [1.82, 2.24) is 14.7 Å². The van der Waals surface area contributed by atoms with E-state index in [1.807, 2.05) is 41.1 Å². The van der Waals surface area contributed by atoms with Crippen LogP contribution in [-0.2, 0) is 24.3 Å². The van der Waals surface area contributed by atoms with E-state index in [9.17, 15) is 14.3 Å². The number of aliphatic hydroxyl groups excluding tert-OH is 1. The van der Waals surface area contributed by atoms with Crippen LogP contribution in [0.25, 0.3) is 0 Å². The van der Waals surface area contributed by atoms with Crippen LogP contribution in [0.3, 0.4) is 0 Å². The normalized spacial score (nSPS) is 15.0. The maximum atomic E-state index is 13.4. The SMILES string of the molecule is O=C(Cc1cccc(F)c1)N1CCCn2nc(C(O)c3ccccc3)cc2C1. The van der Waals surface area contributed by atoms with Crippen molar-refractivity contribution in [1.29, 1.82) is 0 Å². The van der Waals surface area contributed by atoms with Gasteiger partial charge in [0.25, 0.3) is 0 Å². The summed E-state index contributed by atoms with van der Waals surface area (Å²) in [5, 5.41) is 15.2. The van der Waals surface area contributed by atoms with Gasteiger partial charge in [-0.15, -0.1) is 0 Å². The smallest absolute Gasteiger partial charge is 0.227 e. The Labute approximate surface area is 163 Å². The maximum Gasteiger partial charge on any atom is 0.227 e. The van der Waals surface area contributed by atoms with Crippen LogP contribution in [0.1, 0.15) is 35.0 Å². The molecule has 5 nitrogen and oxygen atoms in total. The first-order chi connectivity index (χ1) is 13.6. The number of nitrogens with zero attached hydrogens (tertiary/aromatic N) is 3. The zero-order valence-electron chi connectivity index (χ0n) is 15.5. The van der Waals surface area contributed by atoms with Gasteiger partial charge in [-0.3, -0.25) is 9.48 Å². The molecule has 2 aromatic carbocycles. The van der Waals surface area contributed by atoms with Crippen molar-refractivity contribution < 1.29 is 14.3 Å². The second-order valence-corrected chi connectivity index (χ2v) is 7.07. The molecule has 28 heavy (non-hydrogen) atoms. The average molecular weight is 379 g/mol. The molecule has 1 aromatic heterocycles. The monoisotopic (exact) mass is 379 g/mol. The van der Waals surface area contributed by atoms with Crippen LogP contribution >= 0.6 is 0 Å². The number of aliphatic hydroxyl groups is 1. The molecule has 0 bridgehead atoms. The second kappa shape index (κ2) is 7.94. The van der Waals surface area contributed by atoms with E-state index in [-0.39, 0.29) is 18.1 Å². The lowest BCUT2D eigenvalue weighted by atomic mass is 10.1. The number of carbonyl (C=O) groups excluding carboxylic acids is 1. The predicted molar refractivity (Wildman–Crippen MR) is 103 cm³/mol. The van der Waals surface area contributed by atoms with Gasteiger partial charge in [0.2, 0.25) is 5.91 Å². The van der Waals surface area contributed by atoms with Gasteiger partial charge < -0.3 is 10.0 Å². The van der Waals surface area contributed by atoms with Crippen molar-refractivity contribution in [2.45, 2.75) is 32.0 Å². The number of carbonyl (C=O) groups is 1. The van der Waals surface area contributed by atoms with E-state index in [0.717, 1.165) is 17.7 Å². The molecule has 0 saturated carbocycles. The third-order valence-electron chi connectivity index (χ3n) is 5.03. The average Bonchev–Trinajstić information content (AvgIpc) is 2.99. The zero-order chi connectivity index (χ0) is 19.5. The predicted octanol–water partition coefficient (Wildman–Crippen LogP) is 3.08. The van der Waals surface area contributed by atoms with Crippen LogP contribution in [0.2, 0.25) is 0 Å². The highest BCUT2D eigenvalue weighted by Crippen LogP contribution is 2.23. The topological polar surface area (TPSA) is 58.4 Å². The Morgan fingerprint density at radius 3 is 2.71 bits per heavy atom. The minimum absolute atomic E-state index is 0.0367. The number of amides is 1. The summed E-state index contributed by atoms with van der Waals surface area (Å²) in [7, 11) is 0. The van der Waals surface area contributed by atoms with Crippen molar-refractivity contribution in [3.63, 3.8) is 0 Å². The fourth-order valence-electron chi connectivity index (χ4n) is 3.57. The number of fused-ring (bicyclic) bond motifs is 1. The molecule has 1 aliphatic rings. The van der Waals surface area contributed by atoms with Crippen LogP contribution in [0.4, 0.5) is 4.39 Å². The van der Waals surface area contributed by atoms with E-state index in [0.29, 0.717) is 30.9 Å². The molecule has 1 N–H and O–H groups in total. The first-order valence-corrected chi connectivity index (χ1v) is 9.42. The lowest BCUT2D eigenvalue weighted by Gasteiger charge is -2.20. The molecule has 0 radical (unpaired) electrons. The van der Waals surface area contributed by atoms with E-state index in [2.05, 4.69) is 5.10 Å². The molecule has 3 aromatic rings. The Kier molecular flexibility index (Phi) is 5.21. The molecule has 2 heterocycles. The molecule has 1 aliphatic heterocycles. The molecule has 1 unspecified atom stereocenters. The molecule has 1 amide bonds. The van der Waals surface area contributed by atoms with Crippen LogP contribution in [0.5, 0.6) is 0 Å². The Morgan fingerprint density at radius 1 is 1.11 bits per heavy atom. The highest BCUT2D eigenvalue weighted by atomic mass is 19.1. The first kappa shape index (κ1) is 18.4. The molecule has 4 rings (SSSR count). The lowest BCUT2D eigenvalue weighted by molar-refractivity contribution is -0.131. The molecule has 0 aliphatic carbocycles. The van der Waals surface area contributed by atoms with E-state index < -0.39 is 6.10 Å². The van der Waals surface area contributed by atoms with Crippen molar-refractivity contribution in [3.05, 3.63) is 89.0 Å². The standard InChI is InChI=1S/C22H22FN3O2/c23-18-9-4-6-16(12-18)13-21(27)25-10-5-11-26-19(15-25)14-20(24-26)22(28)17-7-2-1-3-8-17/h1-4,6-9,12,14,22,28H,5,10-11,13,15H2. The molecular formula is C22H22FN3O2. The summed E-state index contributed by atoms with van der Waals surface area (Å²) in [4.78, 5) is 14.5. The minimum Gasteiger partial charge on any atom is -0.382 e. The van der Waals surface area contributed by atoms with E-state index in [1.54, 1.807) is 17.0 Å². The Balaban J connectivity index is 1.50. The highest BCUT2D eigenvalue weighted by Gasteiger charge is 2.23. The lowest BCUT2D eigenvalue weighted by Crippen LogP contribution is -2.32. The van der Waals surface area contributed by atoms with Crippen LogP contribution in [-0.4, -0.2) is 32.2 Å². The molecular weight excluding hydrogens is 357 g/mol. The molecule has 0 fully saturated rings. The third-order valence-corrected chi connectivity index (χ3v) is 5.03. The molecule has 6 heteroatoms. The summed E-state index contributed by atoms with van der Waals surface area (Å²) < 4.78 is 15.3. The highest BCUT2D eigenvalue weighted by molar-refractivity contribution is 5.78. The number of aromatic nitrogens is 2. The Hall–Kier alpha value is -2.99. The van der Waals surface area contributed by atoms with Crippen LogP contribution in [0.15, 0.2) is 60.7 Å². The quantitative estimate of drug-likeness (QED) is 0.758. The molecule has 1 atom stereocenters. The fraction of sp³-hybridized carbons (Fsp3) is 0.273. The minimum atomic E-state index is -0.794. The van der Waals surface area contributed by atoms with E-state index in [4.69, 9.17) is 0 Å². The number of benzene rings is 2. The molecule has 0 spiro atoms. The number of hydrogen-bond acceptors (Lipinski definition) is 3. The van der Waals surface area contributed by atoms with Crippen molar-refractivity contribution in [2.75, 3.05) is 6.54 Å². The molecule has 144 valence electrons.